The second-order valence-electron chi connectivity index (χ2n) is 3.11. The summed E-state index contributed by atoms with van der Waals surface area (Å²) in [5, 5.41) is 8.67. The van der Waals surface area contributed by atoms with Crippen molar-refractivity contribution in [2.75, 3.05) is 20.1 Å². The Bertz CT molecular complexity index is 143. The molecule has 70 valence electrons. The zero-order valence-electron chi connectivity index (χ0n) is 7.52. The van der Waals surface area contributed by atoms with Crippen molar-refractivity contribution in [1.29, 1.82) is 0 Å². The van der Waals surface area contributed by atoms with E-state index < -0.39 is 0 Å². The molecule has 0 spiro atoms. The van der Waals surface area contributed by atoms with Crippen molar-refractivity contribution in [3.8, 4) is 0 Å². The van der Waals surface area contributed by atoms with Gasteiger partial charge >= 0.3 is 6.03 Å². The molecule has 1 aliphatic heterocycles. The minimum atomic E-state index is -0.0950. The predicted octanol–water partition coefficient (Wildman–Crippen LogP) is 0.0575. The molecule has 0 aromatic heterocycles. The third-order valence-corrected chi connectivity index (χ3v) is 2.15. The van der Waals surface area contributed by atoms with Gasteiger partial charge in [0, 0.05) is 19.6 Å². The van der Waals surface area contributed by atoms with Crippen LogP contribution in [0.25, 0.3) is 0 Å². The van der Waals surface area contributed by atoms with E-state index in [1.54, 1.807) is 7.05 Å². The largest absolute Gasteiger partial charge is 0.341 e. The molecule has 0 unspecified atom stereocenters. The number of nitrogens with one attached hydrogen (secondary N) is 3. The Morgan fingerprint density at radius 3 is 3.00 bits per heavy atom. The topological polar surface area (TPSA) is 53.2 Å². The van der Waals surface area contributed by atoms with Crippen LogP contribution in [0, 0.1) is 0 Å². The molecule has 1 fully saturated rings. The van der Waals surface area contributed by atoms with Crippen LogP contribution in [0.5, 0.6) is 0 Å². The number of urea groups is 1. The molecule has 0 aromatic carbocycles. The fourth-order valence-corrected chi connectivity index (χ4v) is 1.40. The lowest BCUT2D eigenvalue weighted by molar-refractivity contribution is 0.240. The van der Waals surface area contributed by atoms with Gasteiger partial charge in [-0.25, -0.2) is 4.79 Å². The molecule has 0 aliphatic carbocycles. The van der Waals surface area contributed by atoms with Crippen molar-refractivity contribution < 1.29 is 4.79 Å². The van der Waals surface area contributed by atoms with Crippen LogP contribution in [-0.2, 0) is 0 Å². The van der Waals surface area contributed by atoms with Crippen molar-refractivity contribution in [3.05, 3.63) is 0 Å². The fraction of sp³-hybridized carbons (Fsp3) is 0.875. The Balaban J connectivity index is 2.09. The van der Waals surface area contributed by atoms with Gasteiger partial charge < -0.3 is 16.0 Å². The summed E-state index contributed by atoms with van der Waals surface area (Å²) in [6.45, 7) is 1.82. The third kappa shape index (κ3) is 3.09. The molecule has 1 heterocycles. The quantitative estimate of drug-likeness (QED) is 0.550. The van der Waals surface area contributed by atoms with Crippen molar-refractivity contribution >= 4 is 6.03 Å². The highest BCUT2D eigenvalue weighted by atomic mass is 16.2. The molecule has 1 saturated heterocycles. The monoisotopic (exact) mass is 171 g/mol. The number of hydrogen-bond acceptors (Lipinski definition) is 2. The highest BCUT2D eigenvalue weighted by Crippen LogP contribution is 2.05. The number of piperidine rings is 1. The van der Waals surface area contributed by atoms with Crippen molar-refractivity contribution in [1.82, 2.24) is 16.0 Å². The first kappa shape index (κ1) is 9.32. The molecule has 3 N–H and O–H groups in total. The van der Waals surface area contributed by atoms with Gasteiger partial charge in [0.2, 0.25) is 0 Å². The lowest BCUT2D eigenvalue weighted by Gasteiger charge is -2.23. The SMILES string of the molecule is CNC(=O)NC[C@H]1CCCCN1. The lowest BCUT2D eigenvalue weighted by Crippen LogP contribution is -2.45. The molecular weight excluding hydrogens is 154 g/mol. The Hall–Kier alpha value is -0.770. The summed E-state index contributed by atoms with van der Waals surface area (Å²) >= 11 is 0. The van der Waals surface area contributed by atoms with Gasteiger partial charge in [-0.15, -0.1) is 0 Å². The maximum Gasteiger partial charge on any atom is 0.314 e. The molecular formula is C8H17N3O. The van der Waals surface area contributed by atoms with Gasteiger partial charge in [-0.3, -0.25) is 0 Å². The number of carbonyl (C=O) groups is 1. The van der Waals surface area contributed by atoms with Crippen LogP contribution in [0.3, 0.4) is 0 Å². The molecule has 0 bridgehead atoms. The Kier molecular flexibility index (Phi) is 3.87. The third-order valence-electron chi connectivity index (χ3n) is 2.15. The first-order valence-corrected chi connectivity index (χ1v) is 4.52. The van der Waals surface area contributed by atoms with Crippen LogP contribution in [0.1, 0.15) is 19.3 Å². The zero-order valence-corrected chi connectivity index (χ0v) is 7.52. The van der Waals surface area contributed by atoms with Gasteiger partial charge in [0.05, 0.1) is 0 Å². The smallest absolute Gasteiger partial charge is 0.314 e. The standard InChI is InChI=1S/C8H17N3O/c1-9-8(12)11-6-7-4-2-3-5-10-7/h7,10H,2-6H2,1H3,(H2,9,11,12)/t7-/m1/s1. The molecule has 0 saturated carbocycles. The van der Waals surface area contributed by atoms with Crippen molar-refractivity contribution in [2.24, 2.45) is 0 Å². The van der Waals surface area contributed by atoms with Gasteiger partial charge in [-0.1, -0.05) is 6.42 Å². The van der Waals surface area contributed by atoms with E-state index in [1.165, 1.54) is 19.3 Å². The van der Waals surface area contributed by atoms with Crippen LogP contribution >= 0.6 is 0 Å². The minimum Gasteiger partial charge on any atom is -0.341 e. The van der Waals surface area contributed by atoms with Crippen LogP contribution in [0.15, 0.2) is 0 Å². The van der Waals surface area contributed by atoms with E-state index in [9.17, 15) is 4.79 Å². The molecule has 1 rings (SSSR count). The van der Waals surface area contributed by atoms with Gasteiger partial charge in [0.15, 0.2) is 0 Å². The van der Waals surface area contributed by atoms with E-state index in [0.717, 1.165) is 13.1 Å². The second-order valence-corrected chi connectivity index (χ2v) is 3.11. The number of amides is 2. The molecule has 0 aromatic rings. The van der Waals surface area contributed by atoms with E-state index in [1.807, 2.05) is 0 Å². The Labute approximate surface area is 73.1 Å². The van der Waals surface area contributed by atoms with E-state index in [2.05, 4.69) is 16.0 Å². The average molecular weight is 171 g/mol. The lowest BCUT2D eigenvalue weighted by atomic mass is 10.1. The molecule has 1 atom stereocenters. The second kappa shape index (κ2) is 4.98. The minimum absolute atomic E-state index is 0.0950. The summed E-state index contributed by atoms with van der Waals surface area (Å²) < 4.78 is 0. The van der Waals surface area contributed by atoms with E-state index >= 15 is 0 Å². The summed E-state index contributed by atoms with van der Waals surface area (Å²) in [5.74, 6) is 0. The molecule has 0 radical (unpaired) electrons. The summed E-state index contributed by atoms with van der Waals surface area (Å²) in [5.41, 5.74) is 0. The van der Waals surface area contributed by atoms with Crippen molar-refractivity contribution in [2.45, 2.75) is 25.3 Å². The van der Waals surface area contributed by atoms with E-state index in [4.69, 9.17) is 0 Å². The van der Waals surface area contributed by atoms with E-state index in [-0.39, 0.29) is 6.03 Å². The highest BCUT2D eigenvalue weighted by molar-refractivity contribution is 5.73. The summed E-state index contributed by atoms with van der Waals surface area (Å²) in [4.78, 5) is 10.8. The first-order chi connectivity index (χ1) is 5.83. The predicted molar refractivity (Wildman–Crippen MR) is 48.1 cm³/mol. The molecule has 4 nitrogen and oxygen atoms in total. The Morgan fingerprint density at radius 2 is 2.42 bits per heavy atom. The summed E-state index contributed by atoms with van der Waals surface area (Å²) in [6, 6.07) is 0.374. The molecule has 4 heteroatoms. The van der Waals surface area contributed by atoms with Gasteiger partial charge in [0.25, 0.3) is 0 Å². The van der Waals surface area contributed by atoms with Gasteiger partial charge in [0.1, 0.15) is 0 Å². The molecule has 2 amide bonds. The van der Waals surface area contributed by atoms with Crippen molar-refractivity contribution in [3.63, 3.8) is 0 Å². The number of carbonyl (C=O) groups excluding carboxylic acids is 1. The maximum absolute atomic E-state index is 10.8. The van der Waals surface area contributed by atoms with Crippen LogP contribution in [0.2, 0.25) is 0 Å². The Morgan fingerprint density at radius 1 is 1.58 bits per heavy atom. The maximum atomic E-state index is 10.8. The highest BCUT2D eigenvalue weighted by Gasteiger charge is 2.12. The van der Waals surface area contributed by atoms with Crippen LogP contribution in [0.4, 0.5) is 4.79 Å². The average Bonchev–Trinajstić information content (AvgIpc) is 2.16. The van der Waals surface area contributed by atoms with Crippen LogP contribution in [-0.4, -0.2) is 32.2 Å². The van der Waals surface area contributed by atoms with Gasteiger partial charge in [-0.05, 0) is 19.4 Å². The normalized spacial score (nSPS) is 23.2. The summed E-state index contributed by atoms with van der Waals surface area (Å²) in [7, 11) is 1.63. The van der Waals surface area contributed by atoms with Gasteiger partial charge in [-0.2, -0.15) is 0 Å². The zero-order chi connectivity index (χ0) is 8.81. The fourth-order valence-electron chi connectivity index (χ4n) is 1.40. The summed E-state index contributed by atoms with van der Waals surface area (Å²) in [6.07, 6.45) is 3.70. The number of rotatable bonds is 2. The molecule has 1 aliphatic rings. The first-order valence-electron chi connectivity index (χ1n) is 4.52. The molecule has 12 heavy (non-hydrogen) atoms. The van der Waals surface area contributed by atoms with E-state index in [0.29, 0.717) is 6.04 Å². The number of hydrogen-bond donors (Lipinski definition) is 3. The van der Waals surface area contributed by atoms with Crippen LogP contribution < -0.4 is 16.0 Å².